The van der Waals surface area contributed by atoms with Gasteiger partial charge in [0, 0.05) is 18.0 Å². The van der Waals surface area contributed by atoms with Crippen LogP contribution in [0.4, 0.5) is 0 Å². The highest BCUT2D eigenvalue weighted by Crippen LogP contribution is 2.59. The Morgan fingerprint density at radius 1 is 1.33 bits per heavy atom. The van der Waals surface area contributed by atoms with Crippen LogP contribution in [-0.2, 0) is 14.3 Å². The molecule has 2 saturated carbocycles. The van der Waals surface area contributed by atoms with Gasteiger partial charge < -0.3 is 14.0 Å². The van der Waals surface area contributed by atoms with Gasteiger partial charge in [0.25, 0.3) is 0 Å². The summed E-state index contributed by atoms with van der Waals surface area (Å²) in [5.74, 6) is -0.416. The third-order valence-electron chi connectivity index (χ3n) is 5.96. The van der Waals surface area contributed by atoms with Gasteiger partial charge in [0.2, 0.25) is 0 Å². The number of Topliss-reactive ketones (excluding diaryl/α,β-unsaturated/α-hetero) is 1. The first-order valence-electron chi connectivity index (χ1n) is 8.60. The zero-order valence-corrected chi connectivity index (χ0v) is 14.2. The van der Waals surface area contributed by atoms with Gasteiger partial charge in [0.15, 0.2) is 5.79 Å². The Morgan fingerprint density at radius 3 is 3.00 bits per heavy atom. The van der Waals surface area contributed by atoms with Crippen molar-refractivity contribution in [2.45, 2.75) is 63.6 Å². The van der Waals surface area contributed by atoms with Gasteiger partial charge in [-0.2, -0.15) is 0 Å². The van der Waals surface area contributed by atoms with Gasteiger partial charge in [-0.1, -0.05) is 0 Å². The summed E-state index contributed by atoms with van der Waals surface area (Å²) in [6.45, 7) is 5.87. The molecule has 126 valence electrons. The van der Waals surface area contributed by atoms with Crippen LogP contribution >= 0.6 is 0 Å². The smallest absolute Gasteiger partial charge is 0.164 e. The maximum Gasteiger partial charge on any atom is 0.164 e. The molecule has 3 aliphatic rings. The first-order chi connectivity index (χ1) is 11.4. The number of ether oxygens (including phenoxy) is 2. The SMILES string of the molecule is Cc1ncnc2c1ccn2[C@@H]1C[C@@H]2C(=O)CC[C@@]23OC(C)(C)O[C@@H]13. The summed E-state index contributed by atoms with van der Waals surface area (Å²) in [5.41, 5.74) is 1.40. The van der Waals surface area contributed by atoms with E-state index in [4.69, 9.17) is 9.47 Å². The van der Waals surface area contributed by atoms with Gasteiger partial charge >= 0.3 is 0 Å². The normalized spacial score (nSPS) is 37.1. The lowest BCUT2D eigenvalue weighted by Gasteiger charge is -2.27. The molecule has 1 aliphatic heterocycles. The van der Waals surface area contributed by atoms with Crippen LogP contribution in [0.15, 0.2) is 18.6 Å². The molecular weight excluding hydrogens is 306 g/mol. The summed E-state index contributed by atoms with van der Waals surface area (Å²) in [4.78, 5) is 21.2. The number of hydrogen-bond acceptors (Lipinski definition) is 5. The minimum Gasteiger partial charge on any atom is -0.342 e. The fourth-order valence-electron chi connectivity index (χ4n) is 5.07. The van der Waals surface area contributed by atoms with Crippen molar-refractivity contribution < 1.29 is 14.3 Å². The number of ketones is 1. The number of rotatable bonds is 1. The van der Waals surface area contributed by atoms with E-state index in [0.717, 1.165) is 29.6 Å². The Labute approximate surface area is 140 Å². The molecule has 0 bridgehead atoms. The summed E-state index contributed by atoms with van der Waals surface area (Å²) in [7, 11) is 0. The molecule has 5 rings (SSSR count). The van der Waals surface area contributed by atoms with Crippen LogP contribution in [0.5, 0.6) is 0 Å². The standard InChI is InChI=1S/C18H21N3O3/c1-10-11-5-7-21(16(11)20-9-19-10)13-8-12-14(22)4-6-18(12)15(13)23-17(2,3)24-18/h5,7,9,12-13,15H,4,6,8H2,1-3H3/t12-,13-,15+,18-/m1/s1. The molecule has 0 N–H and O–H groups in total. The Bertz CT molecular complexity index is 858. The summed E-state index contributed by atoms with van der Waals surface area (Å²) in [5, 5.41) is 1.05. The lowest BCUT2D eigenvalue weighted by molar-refractivity contribution is -0.176. The monoisotopic (exact) mass is 327 g/mol. The highest BCUT2D eigenvalue weighted by atomic mass is 16.8. The van der Waals surface area contributed by atoms with Crippen molar-refractivity contribution in [2.24, 2.45) is 5.92 Å². The van der Waals surface area contributed by atoms with Gasteiger partial charge in [-0.15, -0.1) is 0 Å². The largest absolute Gasteiger partial charge is 0.342 e. The van der Waals surface area contributed by atoms with Crippen molar-refractivity contribution in [3.63, 3.8) is 0 Å². The molecular formula is C18H21N3O3. The first kappa shape index (κ1) is 14.5. The molecule has 1 saturated heterocycles. The quantitative estimate of drug-likeness (QED) is 0.805. The summed E-state index contributed by atoms with van der Waals surface area (Å²) >= 11 is 0. The van der Waals surface area contributed by atoms with Gasteiger partial charge in [-0.25, -0.2) is 9.97 Å². The minimum atomic E-state index is -0.653. The van der Waals surface area contributed by atoms with E-state index in [0.29, 0.717) is 12.2 Å². The van der Waals surface area contributed by atoms with Crippen LogP contribution in [0, 0.1) is 12.8 Å². The molecule has 1 spiro atoms. The predicted molar refractivity (Wildman–Crippen MR) is 86.4 cm³/mol. The van der Waals surface area contributed by atoms with E-state index in [9.17, 15) is 4.79 Å². The molecule has 4 atom stereocenters. The molecule has 3 fully saturated rings. The Hall–Kier alpha value is -1.79. The number of fused-ring (bicyclic) bond motifs is 1. The maximum absolute atomic E-state index is 12.5. The van der Waals surface area contributed by atoms with Crippen LogP contribution in [0.25, 0.3) is 11.0 Å². The third-order valence-corrected chi connectivity index (χ3v) is 5.96. The molecule has 6 nitrogen and oxygen atoms in total. The topological polar surface area (TPSA) is 66.2 Å². The number of carbonyl (C=O) groups excluding carboxylic acids is 1. The van der Waals surface area contributed by atoms with Crippen molar-refractivity contribution in [2.75, 3.05) is 0 Å². The van der Waals surface area contributed by atoms with Gasteiger partial charge in [0.1, 0.15) is 29.5 Å². The fourth-order valence-corrected chi connectivity index (χ4v) is 5.07. The van der Waals surface area contributed by atoms with Crippen LogP contribution in [0.1, 0.15) is 44.8 Å². The second kappa shape index (κ2) is 4.43. The van der Waals surface area contributed by atoms with Crippen molar-refractivity contribution >= 4 is 16.8 Å². The van der Waals surface area contributed by atoms with Gasteiger partial charge in [-0.05, 0) is 39.7 Å². The third kappa shape index (κ3) is 1.70. The van der Waals surface area contributed by atoms with E-state index in [1.165, 1.54) is 0 Å². The van der Waals surface area contributed by atoms with Crippen LogP contribution in [-0.4, -0.2) is 37.8 Å². The van der Waals surface area contributed by atoms with Crippen molar-refractivity contribution in [1.29, 1.82) is 0 Å². The van der Waals surface area contributed by atoms with E-state index in [-0.39, 0.29) is 18.1 Å². The molecule has 0 amide bonds. The second-order valence-electron chi connectivity index (χ2n) is 7.74. The molecule has 3 heterocycles. The highest BCUT2D eigenvalue weighted by molar-refractivity contribution is 5.86. The highest BCUT2D eigenvalue weighted by Gasteiger charge is 2.68. The number of aryl methyl sites for hydroxylation is 1. The van der Waals surface area contributed by atoms with Crippen molar-refractivity contribution in [3.8, 4) is 0 Å². The van der Waals surface area contributed by atoms with Crippen molar-refractivity contribution in [1.82, 2.24) is 14.5 Å². The molecule has 0 unspecified atom stereocenters. The summed E-state index contributed by atoms with van der Waals surface area (Å²) < 4.78 is 14.8. The van der Waals surface area contributed by atoms with Gasteiger partial charge in [0.05, 0.1) is 17.7 Å². The number of hydrogen-bond donors (Lipinski definition) is 0. The van der Waals surface area contributed by atoms with Crippen LogP contribution in [0.2, 0.25) is 0 Å². The van der Waals surface area contributed by atoms with Crippen molar-refractivity contribution in [3.05, 3.63) is 24.3 Å². The number of nitrogens with zero attached hydrogens (tertiary/aromatic N) is 3. The molecule has 2 aromatic rings. The van der Waals surface area contributed by atoms with Gasteiger partial charge in [-0.3, -0.25) is 4.79 Å². The molecule has 6 heteroatoms. The van der Waals surface area contributed by atoms with E-state index >= 15 is 0 Å². The second-order valence-corrected chi connectivity index (χ2v) is 7.74. The predicted octanol–water partition coefficient (Wildman–Crippen LogP) is 2.55. The average Bonchev–Trinajstić information content (AvgIpc) is 3.19. The average molecular weight is 327 g/mol. The zero-order chi connectivity index (χ0) is 16.7. The Kier molecular flexibility index (Phi) is 2.69. The van der Waals surface area contributed by atoms with E-state index in [1.807, 2.05) is 33.0 Å². The van der Waals surface area contributed by atoms with Crippen LogP contribution in [0.3, 0.4) is 0 Å². The summed E-state index contributed by atoms with van der Waals surface area (Å²) in [6.07, 6.45) is 5.64. The Balaban J connectivity index is 1.64. The summed E-state index contributed by atoms with van der Waals surface area (Å²) in [6, 6.07) is 2.11. The first-order valence-corrected chi connectivity index (χ1v) is 8.60. The number of aromatic nitrogens is 3. The number of carbonyl (C=O) groups is 1. The maximum atomic E-state index is 12.5. The molecule has 2 aliphatic carbocycles. The molecule has 2 aromatic heterocycles. The van der Waals surface area contributed by atoms with E-state index < -0.39 is 11.4 Å². The minimum absolute atomic E-state index is 0.0628. The lowest BCUT2D eigenvalue weighted by Crippen LogP contribution is -2.40. The molecule has 0 aromatic carbocycles. The van der Waals surface area contributed by atoms with E-state index in [1.54, 1.807) is 6.33 Å². The zero-order valence-electron chi connectivity index (χ0n) is 14.2. The molecule has 0 radical (unpaired) electrons. The molecule has 24 heavy (non-hydrogen) atoms. The van der Waals surface area contributed by atoms with Crippen LogP contribution < -0.4 is 0 Å². The van der Waals surface area contributed by atoms with E-state index in [2.05, 4.69) is 14.5 Å². The lowest BCUT2D eigenvalue weighted by atomic mass is 9.92. The fraction of sp³-hybridized carbons (Fsp3) is 0.611. The Morgan fingerprint density at radius 2 is 2.17 bits per heavy atom.